The van der Waals surface area contributed by atoms with E-state index in [4.69, 9.17) is 5.73 Å². The molecule has 1 heterocycles. The summed E-state index contributed by atoms with van der Waals surface area (Å²) in [6, 6.07) is 7.82. The number of amides is 2. The summed E-state index contributed by atoms with van der Waals surface area (Å²) >= 11 is 0. The number of carbonyl (C=O) groups excluding carboxylic acids is 2. The molecule has 5 nitrogen and oxygen atoms in total. The maximum atomic E-state index is 12.0. The van der Waals surface area contributed by atoms with Gasteiger partial charge in [-0.2, -0.15) is 0 Å². The van der Waals surface area contributed by atoms with Crippen LogP contribution in [0, 0.1) is 0 Å². The molecule has 1 aromatic rings. The number of unbranched alkanes of at least 4 members (excludes halogenated alkanes) is 3. The Labute approximate surface area is 131 Å². The molecule has 5 heteroatoms. The lowest BCUT2D eigenvalue weighted by atomic mass is 10.1. The summed E-state index contributed by atoms with van der Waals surface area (Å²) in [5.74, 6) is 0.171. The summed E-state index contributed by atoms with van der Waals surface area (Å²) < 4.78 is 0. The van der Waals surface area contributed by atoms with Crippen LogP contribution in [0.25, 0.3) is 0 Å². The van der Waals surface area contributed by atoms with Crippen molar-refractivity contribution in [2.45, 2.75) is 38.5 Å². The lowest BCUT2D eigenvalue weighted by Gasteiger charge is -2.17. The Bertz CT molecular complexity index is 516. The van der Waals surface area contributed by atoms with Crippen LogP contribution in [0.15, 0.2) is 24.3 Å². The summed E-state index contributed by atoms with van der Waals surface area (Å²) in [5.41, 5.74) is 7.47. The van der Waals surface area contributed by atoms with Crippen LogP contribution in [0.2, 0.25) is 0 Å². The molecule has 0 saturated carbocycles. The van der Waals surface area contributed by atoms with Crippen molar-refractivity contribution in [2.24, 2.45) is 5.73 Å². The highest BCUT2D eigenvalue weighted by Crippen LogP contribution is 2.27. The molecule has 3 N–H and O–H groups in total. The third kappa shape index (κ3) is 4.56. The highest BCUT2D eigenvalue weighted by atomic mass is 16.2. The van der Waals surface area contributed by atoms with Crippen LogP contribution in [0.4, 0.5) is 5.69 Å². The Morgan fingerprint density at radius 2 is 1.95 bits per heavy atom. The van der Waals surface area contributed by atoms with Gasteiger partial charge in [0.25, 0.3) is 0 Å². The molecule has 0 saturated heterocycles. The van der Waals surface area contributed by atoms with Crippen molar-refractivity contribution in [3.05, 3.63) is 29.8 Å². The first kappa shape index (κ1) is 16.5. The van der Waals surface area contributed by atoms with Gasteiger partial charge >= 0.3 is 0 Å². The lowest BCUT2D eigenvalue weighted by molar-refractivity contribution is -0.121. The number of anilines is 1. The Morgan fingerprint density at radius 3 is 2.77 bits per heavy atom. The van der Waals surface area contributed by atoms with E-state index in [0.29, 0.717) is 25.9 Å². The molecule has 2 rings (SSSR count). The second-order valence-corrected chi connectivity index (χ2v) is 5.65. The van der Waals surface area contributed by atoms with Gasteiger partial charge in [0.05, 0.1) is 6.42 Å². The number of nitrogens with zero attached hydrogens (tertiary/aromatic N) is 1. The quantitative estimate of drug-likeness (QED) is 0.680. The molecule has 0 radical (unpaired) electrons. The number of nitrogens with one attached hydrogen (secondary N) is 1. The summed E-state index contributed by atoms with van der Waals surface area (Å²) in [6.45, 7) is 1.76. The molecule has 0 spiro atoms. The van der Waals surface area contributed by atoms with Crippen LogP contribution in [0.1, 0.15) is 37.7 Å². The van der Waals surface area contributed by atoms with Gasteiger partial charge in [-0.1, -0.05) is 31.0 Å². The second kappa shape index (κ2) is 8.54. The van der Waals surface area contributed by atoms with E-state index in [2.05, 4.69) is 5.32 Å². The minimum absolute atomic E-state index is 0.0627. The SMILES string of the molecule is NCCCCCCC(=O)NCCN1C(=O)Cc2ccccc21. The molecule has 120 valence electrons. The van der Waals surface area contributed by atoms with Gasteiger partial charge in [-0.15, -0.1) is 0 Å². The van der Waals surface area contributed by atoms with E-state index in [9.17, 15) is 9.59 Å². The first-order valence-corrected chi connectivity index (χ1v) is 8.07. The van der Waals surface area contributed by atoms with Crippen LogP contribution in [-0.2, 0) is 16.0 Å². The van der Waals surface area contributed by atoms with E-state index >= 15 is 0 Å². The van der Waals surface area contributed by atoms with Gasteiger partial charge in [-0.3, -0.25) is 9.59 Å². The smallest absolute Gasteiger partial charge is 0.231 e. The topological polar surface area (TPSA) is 75.4 Å². The van der Waals surface area contributed by atoms with Crippen molar-refractivity contribution in [3.63, 3.8) is 0 Å². The molecule has 2 amide bonds. The number of benzene rings is 1. The molecule has 0 atom stereocenters. The van der Waals surface area contributed by atoms with Crippen LogP contribution in [0.3, 0.4) is 0 Å². The standard InChI is InChI=1S/C17H25N3O2/c18-10-6-2-1-3-9-16(21)19-11-12-20-15-8-5-4-7-14(15)13-17(20)22/h4-5,7-8H,1-3,6,9-13,18H2,(H,19,21). The zero-order chi connectivity index (χ0) is 15.8. The van der Waals surface area contributed by atoms with Crippen molar-refractivity contribution >= 4 is 17.5 Å². The molecule has 0 aliphatic carbocycles. The molecule has 0 aromatic heterocycles. The Morgan fingerprint density at radius 1 is 1.18 bits per heavy atom. The van der Waals surface area contributed by atoms with Crippen molar-refractivity contribution in [2.75, 3.05) is 24.5 Å². The molecule has 22 heavy (non-hydrogen) atoms. The Balaban J connectivity index is 1.66. The van der Waals surface area contributed by atoms with Crippen LogP contribution < -0.4 is 16.0 Å². The Kier molecular flexibility index (Phi) is 6.40. The fraction of sp³-hybridized carbons (Fsp3) is 0.529. The van der Waals surface area contributed by atoms with E-state index < -0.39 is 0 Å². The molecular formula is C17H25N3O2. The van der Waals surface area contributed by atoms with E-state index in [1.54, 1.807) is 4.90 Å². The zero-order valence-corrected chi connectivity index (χ0v) is 13.0. The van der Waals surface area contributed by atoms with Gasteiger partial charge < -0.3 is 16.0 Å². The fourth-order valence-corrected chi connectivity index (χ4v) is 2.74. The van der Waals surface area contributed by atoms with Crippen molar-refractivity contribution < 1.29 is 9.59 Å². The summed E-state index contributed by atoms with van der Waals surface area (Å²) in [7, 11) is 0. The maximum Gasteiger partial charge on any atom is 0.231 e. The third-order valence-corrected chi connectivity index (χ3v) is 3.94. The van der Waals surface area contributed by atoms with Crippen molar-refractivity contribution in [1.82, 2.24) is 5.32 Å². The number of hydrogen-bond acceptors (Lipinski definition) is 3. The summed E-state index contributed by atoms with van der Waals surface area (Å²) in [4.78, 5) is 25.5. The molecule has 0 bridgehead atoms. The van der Waals surface area contributed by atoms with Gasteiger partial charge in [-0.25, -0.2) is 0 Å². The third-order valence-electron chi connectivity index (χ3n) is 3.94. The largest absolute Gasteiger partial charge is 0.354 e. The van der Waals surface area contributed by atoms with Crippen molar-refractivity contribution in [3.8, 4) is 0 Å². The van der Waals surface area contributed by atoms with E-state index in [1.165, 1.54) is 0 Å². The molecule has 1 aliphatic rings. The van der Waals surface area contributed by atoms with Gasteiger partial charge in [0.2, 0.25) is 11.8 Å². The highest BCUT2D eigenvalue weighted by Gasteiger charge is 2.26. The predicted molar refractivity (Wildman–Crippen MR) is 87.6 cm³/mol. The number of fused-ring (bicyclic) bond motifs is 1. The zero-order valence-electron chi connectivity index (χ0n) is 13.0. The molecule has 0 unspecified atom stereocenters. The molecule has 1 aromatic carbocycles. The van der Waals surface area contributed by atoms with Crippen LogP contribution >= 0.6 is 0 Å². The minimum Gasteiger partial charge on any atom is -0.354 e. The fourth-order valence-electron chi connectivity index (χ4n) is 2.74. The van der Waals surface area contributed by atoms with E-state index in [1.807, 2.05) is 24.3 Å². The predicted octanol–water partition coefficient (Wildman–Crippen LogP) is 1.60. The van der Waals surface area contributed by atoms with Gasteiger partial charge in [0, 0.05) is 25.2 Å². The van der Waals surface area contributed by atoms with Gasteiger partial charge in [-0.05, 0) is 31.0 Å². The summed E-state index contributed by atoms with van der Waals surface area (Å²) in [5, 5.41) is 2.89. The average Bonchev–Trinajstić information content (AvgIpc) is 2.83. The molecule has 0 fully saturated rings. The molecular weight excluding hydrogens is 278 g/mol. The summed E-state index contributed by atoms with van der Waals surface area (Å²) in [6.07, 6.45) is 5.07. The van der Waals surface area contributed by atoms with E-state index in [0.717, 1.165) is 43.5 Å². The average molecular weight is 303 g/mol. The number of rotatable bonds is 9. The number of para-hydroxylation sites is 1. The first-order valence-electron chi connectivity index (χ1n) is 8.07. The van der Waals surface area contributed by atoms with Crippen LogP contribution in [0.5, 0.6) is 0 Å². The maximum absolute atomic E-state index is 12.0. The number of carbonyl (C=O) groups is 2. The van der Waals surface area contributed by atoms with Crippen LogP contribution in [-0.4, -0.2) is 31.4 Å². The van der Waals surface area contributed by atoms with Crippen molar-refractivity contribution in [1.29, 1.82) is 0 Å². The first-order chi connectivity index (χ1) is 10.7. The van der Waals surface area contributed by atoms with Gasteiger partial charge in [0.15, 0.2) is 0 Å². The number of nitrogens with two attached hydrogens (primary N) is 1. The lowest BCUT2D eigenvalue weighted by Crippen LogP contribution is -2.36. The van der Waals surface area contributed by atoms with Gasteiger partial charge in [0.1, 0.15) is 0 Å². The highest BCUT2D eigenvalue weighted by molar-refractivity contribution is 6.01. The second-order valence-electron chi connectivity index (χ2n) is 5.65. The van der Waals surface area contributed by atoms with E-state index in [-0.39, 0.29) is 11.8 Å². The normalized spacial score (nSPS) is 13.3. The number of hydrogen-bond donors (Lipinski definition) is 2. The molecule has 1 aliphatic heterocycles. The Hall–Kier alpha value is -1.88. The minimum atomic E-state index is 0.0627. The monoisotopic (exact) mass is 303 g/mol.